The molecule has 0 saturated carbocycles. The van der Waals surface area contributed by atoms with Gasteiger partial charge in [-0.15, -0.1) is 11.3 Å². The van der Waals surface area contributed by atoms with Gasteiger partial charge in [0.15, 0.2) is 5.82 Å². The van der Waals surface area contributed by atoms with E-state index in [1.54, 1.807) is 47.5 Å². The van der Waals surface area contributed by atoms with Crippen molar-refractivity contribution in [1.29, 1.82) is 0 Å². The maximum absolute atomic E-state index is 12.6. The van der Waals surface area contributed by atoms with E-state index in [-0.39, 0.29) is 5.91 Å². The summed E-state index contributed by atoms with van der Waals surface area (Å²) in [6.45, 7) is 1.82. The van der Waals surface area contributed by atoms with Crippen LogP contribution >= 0.6 is 22.9 Å². The lowest BCUT2D eigenvalue weighted by Crippen LogP contribution is -2.12. The first-order valence-corrected chi connectivity index (χ1v) is 9.30. The van der Waals surface area contributed by atoms with E-state index in [0.717, 1.165) is 10.6 Å². The number of pyridine rings is 1. The minimum absolute atomic E-state index is 0.209. The first-order valence-electron chi connectivity index (χ1n) is 8.11. The molecule has 4 rings (SSSR count). The second-order valence-electron chi connectivity index (χ2n) is 5.75. The van der Waals surface area contributed by atoms with E-state index in [1.165, 1.54) is 11.3 Å². The highest BCUT2D eigenvalue weighted by molar-refractivity contribution is 7.17. The number of hydrogen-bond donors (Lipinski definition) is 1. The number of aryl methyl sites for hydroxylation is 1. The molecule has 1 amide bonds. The quantitative estimate of drug-likeness (QED) is 0.547. The number of anilines is 1. The van der Waals surface area contributed by atoms with Crippen molar-refractivity contribution in [3.63, 3.8) is 0 Å². The van der Waals surface area contributed by atoms with Crippen molar-refractivity contribution in [2.45, 2.75) is 6.92 Å². The molecule has 8 heteroatoms. The van der Waals surface area contributed by atoms with Crippen LogP contribution in [0.5, 0.6) is 0 Å². The summed E-state index contributed by atoms with van der Waals surface area (Å²) >= 11 is 7.27. The Morgan fingerprint density at radius 1 is 1.19 bits per heavy atom. The van der Waals surface area contributed by atoms with Gasteiger partial charge in [0.1, 0.15) is 9.88 Å². The van der Waals surface area contributed by atoms with Gasteiger partial charge in [-0.05, 0) is 37.3 Å². The molecule has 0 unspecified atom stereocenters. The molecule has 0 aliphatic heterocycles. The molecule has 0 aliphatic carbocycles. The fourth-order valence-electron chi connectivity index (χ4n) is 2.51. The number of rotatable bonds is 4. The lowest BCUT2D eigenvalue weighted by molar-refractivity contribution is 0.103. The van der Waals surface area contributed by atoms with Crippen molar-refractivity contribution >= 4 is 34.5 Å². The highest BCUT2D eigenvalue weighted by atomic mass is 35.5. The Balaban J connectivity index is 1.52. The standard InChI is InChI=1S/C19H14ClN5OS/c1-12-17(27-19(23-12)13-3-5-14(20)6-4-13)18(26)24-15-7-8-16(21-11-15)25-10-2-9-22-25/h2-11H,1H3,(H,24,26). The lowest BCUT2D eigenvalue weighted by Gasteiger charge is -2.05. The van der Waals surface area contributed by atoms with Crippen molar-refractivity contribution in [2.24, 2.45) is 0 Å². The number of carbonyl (C=O) groups excluding carboxylic acids is 1. The van der Waals surface area contributed by atoms with Crippen molar-refractivity contribution < 1.29 is 4.79 Å². The number of nitrogens with one attached hydrogen (secondary N) is 1. The van der Waals surface area contributed by atoms with E-state index in [0.29, 0.717) is 27.1 Å². The molecule has 0 saturated heterocycles. The van der Waals surface area contributed by atoms with E-state index in [9.17, 15) is 4.79 Å². The van der Waals surface area contributed by atoms with Crippen molar-refractivity contribution in [3.05, 3.63) is 76.6 Å². The molecule has 6 nitrogen and oxygen atoms in total. The van der Waals surface area contributed by atoms with Gasteiger partial charge in [-0.2, -0.15) is 5.10 Å². The lowest BCUT2D eigenvalue weighted by atomic mass is 10.2. The average molecular weight is 396 g/mol. The van der Waals surface area contributed by atoms with Crippen LogP contribution in [0.4, 0.5) is 5.69 Å². The zero-order valence-electron chi connectivity index (χ0n) is 14.3. The number of carbonyl (C=O) groups is 1. The molecule has 3 aromatic heterocycles. The molecule has 134 valence electrons. The zero-order valence-corrected chi connectivity index (χ0v) is 15.8. The van der Waals surface area contributed by atoms with Gasteiger partial charge in [-0.25, -0.2) is 14.6 Å². The molecule has 0 radical (unpaired) electrons. The molecule has 1 N–H and O–H groups in total. The largest absolute Gasteiger partial charge is 0.320 e. The topological polar surface area (TPSA) is 72.7 Å². The van der Waals surface area contributed by atoms with Gasteiger partial charge in [0, 0.05) is 23.0 Å². The van der Waals surface area contributed by atoms with E-state index in [2.05, 4.69) is 20.4 Å². The van der Waals surface area contributed by atoms with Crippen LogP contribution in [0, 0.1) is 6.92 Å². The summed E-state index contributed by atoms with van der Waals surface area (Å²) in [4.78, 5) is 22.0. The number of aromatic nitrogens is 4. The smallest absolute Gasteiger partial charge is 0.267 e. The van der Waals surface area contributed by atoms with Crippen LogP contribution in [0.1, 0.15) is 15.4 Å². The molecule has 0 atom stereocenters. The van der Waals surface area contributed by atoms with Crippen LogP contribution in [-0.2, 0) is 0 Å². The minimum Gasteiger partial charge on any atom is -0.320 e. The van der Waals surface area contributed by atoms with Gasteiger partial charge < -0.3 is 5.32 Å². The van der Waals surface area contributed by atoms with Crippen molar-refractivity contribution in [1.82, 2.24) is 19.7 Å². The van der Waals surface area contributed by atoms with E-state index < -0.39 is 0 Å². The maximum Gasteiger partial charge on any atom is 0.267 e. The summed E-state index contributed by atoms with van der Waals surface area (Å²) in [6, 6.07) is 12.8. The summed E-state index contributed by atoms with van der Waals surface area (Å²) < 4.78 is 1.65. The van der Waals surface area contributed by atoms with Crippen LogP contribution in [0.2, 0.25) is 5.02 Å². The fourth-order valence-corrected chi connectivity index (χ4v) is 3.60. The number of benzene rings is 1. The number of amides is 1. The first-order chi connectivity index (χ1) is 13.1. The molecule has 0 aliphatic rings. The Hall–Kier alpha value is -3.03. The average Bonchev–Trinajstić information content (AvgIpc) is 3.33. The summed E-state index contributed by atoms with van der Waals surface area (Å²) in [5, 5.41) is 8.43. The number of thiazole rings is 1. The molecule has 0 bridgehead atoms. The van der Waals surface area contributed by atoms with Crippen LogP contribution in [0.15, 0.2) is 61.1 Å². The Morgan fingerprint density at radius 2 is 2.00 bits per heavy atom. The number of halogens is 1. The molecule has 0 fully saturated rings. The molecule has 4 aromatic rings. The predicted octanol–water partition coefficient (Wildman–Crippen LogP) is 4.60. The molecule has 0 spiro atoms. The molecule has 3 heterocycles. The predicted molar refractivity (Wildman–Crippen MR) is 107 cm³/mol. The van der Waals surface area contributed by atoms with Crippen molar-refractivity contribution in [3.8, 4) is 16.4 Å². The number of nitrogens with zero attached hydrogens (tertiary/aromatic N) is 4. The monoisotopic (exact) mass is 395 g/mol. The first kappa shape index (κ1) is 17.4. The number of hydrogen-bond acceptors (Lipinski definition) is 5. The minimum atomic E-state index is -0.209. The summed E-state index contributed by atoms with van der Waals surface area (Å²) in [5.41, 5.74) is 2.22. The second kappa shape index (κ2) is 7.30. The van der Waals surface area contributed by atoms with Gasteiger partial charge >= 0.3 is 0 Å². The van der Waals surface area contributed by atoms with Gasteiger partial charge in [-0.1, -0.05) is 23.7 Å². The third-order valence-electron chi connectivity index (χ3n) is 3.84. The highest BCUT2D eigenvalue weighted by Crippen LogP contribution is 2.29. The van der Waals surface area contributed by atoms with E-state index in [1.807, 2.05) is 25.1 Å². The van der Waals surface area contributed by atoms with Gasteiger partial charge in [0.2, 0.25) is 0 Å². The maximum atomic E-state index is 12.6. The van der Waals surface area contributed by atoms with Crippen LogP contribution in [0.3, 0.4) is 0 Å². The van der Waals surface area contributed by atoms with Gasteiger partial charge in [0.25, 0.3) is 5.91 Å². The molecular weight excluding hydrogens is 382 g/mol. The third kappa shape index (κ3) is 3.74. The van der Waals surface area contributed by atoms with Gasteiger partial charge in [-0.3, -0.25) is 4.79 Å². The summed E-state index contributed by atoms with van der Waals surface area (Å²) in [6.07, 6.45) is 5.09. The van der Waals surface area contributed by atoms with Gasteiger partial charge in [0.05, 0.1) is 17.6 Å². The molecular formula is C19H14ClN5OS. The summed E-state index contributed by atoms with van der Waals surface area (Å²) in [7, 11) is 0. The second-order valence-corrected chi connectivity index (χ2v) is 7.19. The van der Waals surface area contributed by atoms with E-state index in [4.69, 9.17) is 11.6 Å². The fraction of sp³-hybridized carbons (Fsp3) is 0.0526. The SMILES string of the molecule is Cc1nc(-c2ccc(Cl)cc2)sc1C(=O)Nc1ccc(-n2cccn2)nc1. The van der Waals surface area contributed by atoms with E-state index >= 15 is 0 Å². The Bertz CT molecular complexity index is 1070. The summed E-state index contributed by atoms with van der Waals surface area (Å²) in [5.74, 6) is 0.468. The Labute approximate surface area is 164 Å². The Kier molecular flexibility index (Phi) is 4.70. The normalized spacial score (nSPS) is 10.7. The zero-order chi connectivity index (χ0) is 18.8. The molecule has 1 aromatic carbocycles. The van der Waals surface area contributed by atoms with Crippen LogP contribution < -0.4 is 5.32 Å². The van der Waals surface area contributed by atoms with Crippen LogP contribution in [-0.4, -0.2) is 25.7 Å². The molecule has 27 heavy (non-hydrogen) atoms. The Morgan fingerprint density at radius 3 is 2.67 bits per heavy atom. The van der Waals surface area contributed by atoms with Crippen LogP contribution in [0.25, 0.3) is 16.4 Å². The van der Waals surface area contributed by atoms with Crippen molar-refractivity contribution in [2.75, 3.05) is 5.32 Å². The third-order valence-corrected chi connectivity index (χ3v) is 5.30. The highest BCUT2D eigenvalue weighted by Gasteiger charge is 2.16.